The van der Waals surface area contributed by atoms with Gasteiger partial charge in [0.05, 0.1) is 0 Å². The number of unbranched alkanes of at least 4 members (excludes halogenated alkanes) is 4. The molecule has 0 bridgehead atoms. The lowest BCUT2D eigenvalue weighted by molar-refractivity contribution is 0.642. The van der Waals surface area contributed by atoms with E-state index in [-0.39, 0.29) is 0 Å². The highest BCUT2D eigenvalue weighted by Gasteiger charge is 1.92. The van der Waals surface area contributed by atoms with Crippen molar-refractivity contribution < 1.29 is 0 Å². The van der Waals surface area contributed by atoms with Crippen LogP contribution in [0.5, 0.6) is 0 Å². The summed E-state index contributed by atoms with van der Waals surface area (Å²) in [6, 6.07) is 0. The lowest BCUT2D eigenvalue weighted by Crippen LogP contribution is -1.91. The first-order chi connectivity index (χ1) is 6.66. The van der Waals surface area contributed by atoms with Crippen LogP contribution < -0.4 is 0 Å². The standard InChI is InChI=1S/C12H24N2/c1-5-6-7-8-9-10-12(4)14-13-11(2)3/h5-10H2,1-4H3/b14-12+. The molecule has 2 nitrogen and oxygen atoms in total. The van der Waals surface area contributed by atoms with Crippen molar-refractivity contribution in [2.45, 2.75) is 66.2 Å². The zero-order valence-corrected chi connectivity index (χ0v) is 10.1. The first-order valence-electron chi connectivity index (χ1n) is 5.71. The molecule has 0 N–H and O–H groups in total. The van der Waals surface area contributed by atoms with Crippen molar-refractivity contribution in [2.24, 2.45) is 10.2 Å². The Balaban J connectivity index is 3.48. The van der Waals surface area contributed by atoms with E-state index in [2.05, 4.69) is 24.1 Å². The van der Waals surface area contributed by atoms with E-state index < -0.39 is 0 Å². The van der Waals surface area contributed by atoms with Gasteiger partial charge in [-0.15, -0.1) is 0 Å². The van der Waals surface area contributed by atoms with Crippen LogP contribution in [0.2, 0.25) is 0 Å². The SMILES string of the molecule is CCCCCCC/C(C)=N/N=C(C)C. The molecule has 0 spiro atoms. The number of rotatable bonds is 7. The molecule has 0 aromatic carbocycles. The Morgan fingerprint density at radius 2 is 1.50 bits per heavy atom. The Hall–Kier alpha value is -0.660. The Morgan fingerprint density at radius 1 is 0.857 bits per heavy atom. The molecule has 14 heavy (non-hydrogen) atoms. The molecule has 0 aliphatic carbocycles. The lowest BCUT2D eigenvalue weighted by Gasteiger charge is -1.99. The van der Waals surface area contributed by atoms with E-state index in [0.29, 0.717) is 0 Å². The maximum absolute atomic E-state index is 4.15. The van der Waals surface area contributed by atoms with E-state index in [0.717, 1.165) is 17.8 Å². The summed E-state index contributed by atoms with van der Waals surface area (Å²) >= 11 is 0. The molecule has 0 aliphatic rings. The predicted molar refractivity (Wildman–Crippen MR) is 65.3 cm³/mol. The fourth-order valence-corrected chi connectivity index (χ4v) is 1.22. The van der Waals surface area contributed by atoms with Crippen LogP contribution in [0.3, 0.4) is 0 Å². The smallest absolute Gasteiger partial charge is 0.0375 e. The van der Waals surface area contributed by atoms with Gasteiger partial charge in [0.15, 0.2) is 0 Å². The van der Waals surface area contributed by atoms with Gasteiger partial charge in [-0.3, -0.25) is 0 Å². The van der Waals surface area contributed by atoms with Crippen LogP contribution in [0.25, 0.3) is 0 Å². The van der Waals surface area contributed by atoms with Crippen molar-refractivity contribution in [1.29, 1.82) is 0 Å². The average molecular weight is 196 g/mol. The normalized spacial score (nSPS) is 11.6. The van der Waals surface area contributed by atoms with Gasteiger partial charge in [0.25, 0.3) is 0 Å². The van der Waals surface area contributed by atoms with Gasteiger partial charge in [-0.2, -0.15) is 10.2 Å². The molecule has 82 valence electrons. The highest BCUT2D eigenvalue weighted by atomic mass is 15.2. The molecule has 0 atom stereocenters. The zero-order chi connectivity index (χ0) is 10.8. The van der Waals surface area contributed by atoms with E-state index in [1.165, 1.54) is 32.1 Å². The molecule has 0 unspecified atom stereocenters. The third-order valence-electron chi connectivity index (χ3n) is 2.06. The summed E-state index contributed by atoms with van der Waals surface area (Å²) in [5.74, 6) is 0. The quantitative estimate of drug-likeness (QED) is 0.331. The lowest BCUT2D eigenvalue weighted by atomic mass is 10.1. The van der Waals surface area contributed by atoms with Gasteiger partial charge < -0.3 is 0 Å². The summed E-state index contributed by atoms with van der Waals surface area (Å²) < 4.78 is 0. The molecule has 0 heterocycles. The largest absolute Gasteiger partial charge is 0.161 e. The van der Waals surface area contributed by atoms with Crippen molar-refractivity contribution in [2.75, 3.05) is 0 Å². The highest BCUT2D eigenvalue weighted by Crippen LogP contribution is 2.05. The minimum atomic E-state index is 1.02. The van der Waals surface area contributed by atoms with Gasteiger partial charge in [0.1, 0.15) is 0 Å². The fourth-order valence-electron chi connectivity index (χ4n) is 1.22. The fraction of sp³-hybridized carbons (Fsp3) is 0.833. The van der Waals surface area contributed by atoms with Gasteiger partial charge in [0, 0.05) is 11.4 Å². The van der Waals surface area contributed by atoms with Crippen molar-refractivity contribution in [3.8, 4) is 0 Å². The molecule has 0 aromatic heterocycles. The zero-order valence-electron chi connectivity index (χ0n) is 10.1. The summed E-state index contributed by atoms with van der Waals surface area (Å²) in [7, 11) is 0. The molecule has 0 fully saturated rings. The average Bonchev–Trinajstić information content (AvgIpc) is 2.14. The van der Waals surface area contributed by atoms with Gasteiger partial charge in [0.2, 0.25) is 0 Å². The highest BCUT2D eigenvalue weighted by molar-refractivity contribution is 5.84. The minimum absolute atomic E-state index is 1.02. The van der Waals surface area contributed by atoms with E-state index >= 15 is 0 Å². The van der Waals surface area contributed by atoms with Gasteiger partial charge in [-0.25, -0.2) is 0 Å². The van der Waals surface area contributed by atoms with Crippen LogP contribution in [-0.2, 0) is 0 Å². The molecule has 0 saturated heterocycles. The summed E-state index contributed by atoms with van der Waals surface area (Å²) in [5.41, 5.74) is 2.18. The van der Waals surface area contributed by atoms with Crippen molar-refractivity contribution in [3.05, 3.63) is 0 Å². The molecule has 0 amide bonds. The Morgan fingerprint density at radius 3 is 2.07 bits per heavy atom. The second-order valence-corrected chi connectivity index (χ2v) is 4.05. The van der Waals surface area contributed by atoms with Crippen LogP contribution in [0, 0.1) is 0 Å². The third kappa shape index (κ3) is 9.43. The van der Waals surface area contributed by atoms with Crippen LogP contribution >= 0.6 is 0 Å². The topological polar surface area (TPSA) is 24.7 Å². The van der Waals surface area contributed by atoms with Crippen molar-refractivity contribution in [1.82, 2.24) is 0 Å². The Labute approximate surface area is 88.5 Å². The van der Waals surface area contributed by atoms with E-state index in [1.54, 1.807) is 0 Å². The maximum atomic E-state index is 4.15. The number of hydrogen-bond donors (Lipinski definition) is 0. The molecule has 0 aliphatic heterocycles. The van der Waals surface area contributed by atoms with E-state index in [1.807, 2.05) is 13.8 Å². The first kappa shape index (κ1) is 13.3. The molecule has 0 radical (unpaired) electrons. The summed E-state index contributed by atoms with van der Waals surface area (Å²) in [5, 5.41) is 8.19. The summed E-state index contributed by atoms with van der Waals surface area (Å²) in [6.45, 7) is 8.24. The molecule has 2 heteroatoms. The third-order valence-corrected chi connectivity index (χ3v) is 2.06. The van der Waals surface area contributed by atoms with Gasteiger partial charge >= 0.3 is 0 Å². The van der Waals surface area contributed by atoms with Crippen LogP contribution in [0.1, 0.15) is 66.2 Å². The van der Waals surface area contributed by atoms with Crippen molar-refractivity contribution >= 4 is 11.4 Å². The van der Waals surface area contributed by atoms with E-state index in [4.69, 9.17) is 0 Å². The second-order valence-electron chi connectivity index (χ2n) is 4.05. The monoisotopic (exact) mass is 196 g/mol. The summed E-state index contributed by atoms with van der Waals surface area (Å²) in [6.07, 6.45) is 7.72. The Bertz CT molecular complexity index is 188. The second kappa shape index (κ2) is 8.92. The molecular weight excluding hydrogens is 172 g/mol. The number of nitrogens with zero attached hydrogens (tertiary/aromatic N) is 2. The van der Waals surface area contributed by atoms with Crippen molar-refractivity contribution in [3.63, 3.8) is 0 Å². The molecular formula is C12H24N2. The van der Waals surface area contributed by atoms with E-state index in [9.17, 15) is 0 Å². The Kier molecular flexibility index (Phi) is 8.50. The molecule has 0 rings (SSSR count). The summed E-state index contributed by atoms with van der Waals surface area (Å²) in [4.78, 5) is 0. The number of hydrogen-bond acceptors (Lipinski definition) is 2. The van der Waals surface area contributed by atoms with Gasteiger partial charge in [-0.05, 0) is 33.6 Å². The van der Waals surface area contributed by atoms with Gasteiger partial charge in [-0.1, -0.05) is 32.6 Å². The molecule has 0 saturated carbocycles. The predicted octanol–water partition coefficient (Wildman–Crippen LogP) is 4.20. The van der Waals surface area contributed by atoms with Crippen LogP contribution in [0.4, 0.5) is 0 Å². The minimum Gasteiger partial charge on any atom is -0.161 e. The van der Waals surface area contributed by atoms with Crippen LogP contribution in [0.15, 0.2) is 10.2 Å². The first-order valence-corrected chi connectivity index (χ1v) is 5.71. The molecule has 0 aromatic rings. The maximum Gasteiger partial charge on any atom is 0.0375 e. The van der Waals surface area contributed by atoms with Crippen LogP contribution in [-0.4, -0.2) is 11.4 Å².